The van der Waals surface area contributed by atoms with E-state index in [0.717, 1.165) is 10.0 Å². The third kappa shape index (κ3) is 1.84. The van der Waals surface area contributed by atoms with Crippen LogP contribution in [0.5, 0.6) is 0 Å². The maximum Gasteiger partial charge on any atom is 0.105 e. The Morgan fingerprint density at radius 1 is 1.45 bits per heavy atom. The summed E-state index contributed by atoms with van der Waals surface area (Å²) in [5, 5.41) is 0. The number of nitrogens with two attached hydrogens (primary N) is 1. The Hall–Kier alpha value is -0.280. The standard InChI is InChI=1S/C8H12BrNO/c1-5(2)8(10)6-3-11-4-7(6)9/h3-5,8H,10H2,1-2H3. The maximum absolute atomic E-state index is 5.89. The zero-order valence-corrected chi connectivity index (χ0v) is 8.26. The molecule has 1 rings (SSSR count). The van der Waals surface area contributed by atoms with Gasteiger partial charge in [0.1, 0.15) is 6.26 Å². The molecule has 2 nitrogen and oxygen atoms in total. The van der Waals surface area contributed by atoms with Gasteiger partial charge in [0.2, 0.25) is 0 Å². The molecule has 0 aliphatic rings. The molecule has 0 amide bonds. The van der Waals surface area contributed by atoms with Gasteiger partial charge in [-0.15, -0.1) is 0 Å². The molecule has 0 aliphatic heterocycles. The summed E-state index contributed by atoms with van der Waals surface area (Å²) < 4.78 is 5.95. The first-order chi connectivity index (χ1) is 5.13. The Kier molecular flexibility index (Phi) is 2.73. The van der Waals surface area contributed by atoms with Crippen LogP contribution in [0.15, 0.2) is 21.4 Å². The van der Waals surface area contributed by atoms with Crippen molar-refractivity contribution >= 4 is 15.9 Å². The average Bonchev–Trinajstić information content (AvgIpc) is 2.33. The first-order valence-corrected chi connectivity index (χ1v) is 4.39. The highest BCUT2D eigenvalue weighted by Gasteiger charge is 2.14. The SMILES string of the molecule is CC(C)C(N)c1cocc1Br. The van der Waals surface area contributed by atoms with Crippen LogP contribution < -0.4 is 5.73 Å². The summed E-state index contributed by atoms with van der Waals surface area (Å²) in [6.07, 6.45) is 3.34. The highest BCUT2D eigenvalue weighted by Crippen LogP contribution is 2.27. The number of hydrogen-bond acceptors (Lipinski definition) is 2. The van der Waals surface area contributed by atoms with Gasteiger partial charge >= 0.3 is 0 Å². The van der Waals surface area contributed by atoms with Gasteiger partial charge in [0.05, 0.1) is 10.7 Å². The normalized spacial score (nSPS) is 13.9. The van der Waals surface area contributed by atoms with Crippen molar-refractivity contribution in [1.82, 2.24) is 0 Å². The van der Waals surface area contributed by atoms with Crippen molar-refractivity contribution < 1.29 is 4.42 Å². The van der Waals surface area contributed by atoms with Crippen molar-refractivity contribution in [2.45, 2.75) is 19.9 Å². The summed E-state index contributed by atoms with van der Waals surface area (Å²) in [7, 11) is 0. The minimum absolute atomic E-state index is 0.0584. The van der Waals surface area contributed by atoms with Crippen LogP contribution in [0.2, 0.25) is 0 Å². The maximum atomic E-state index is 5.89. The summed E-state index contributed by atoms with van der Waals surface area (Å²) in [5.74, 6) is 0.434. The third-order valence-corrected chi connectivity index (χ3v) is 2.36. The van der Waals surface area contributed by atoms with Gasteiger partial charge in [-0.05, 0) is 21.8 Å². The van der Waals surface area contributed by atoms with Crippen LogP contribution in [-0.4, -0.2) is 0 Å². The van der Waals surface area contributed by atoms with Crippen LogP contribution in [0.25, 0.3) is 0 Å². The molecule has 0 fully saturated rings. The van der Waals surface area contributed by atoms with Gasteiger partial charge < -0.3 is 10.2 Å². The van der Waals surface area contributed by atoms with Crippen LogP contribution in [0.4, 0.5) is 0 Å². The first-order valence-electron chi connectivity index (χ1n) is 3.60. The topological polar surface area (TPSA) is 39.2 Å². The highest BCUT2D eigenvalue weighted by molar-refractivity contribution is 9.10. The molecule has 62 valence electrons. The lowest BCUT2D eigenvalue weighted by atomic mass is 10.00. The van der Waals surface area contributed by atoms with Gasteiger partial charge in [-0.3, -0.25) is 0 Å². The Balaban J connectivity index is 2.84. The molecule has 0 spiro atoms. The van der Waals surface area contributed by atoms with E-state index in [1.54, 1.807) is 12.5 Å². The van der Waals surface area contributed by atoms with Crippen molar-refractivity contribution in [2.24, 2.45) is 11.7 Å². The van der Waals surface area contributed by atoms with Crippen molar-refractivity contribution in [3.63, 3.8) is 0 Å². The zero-order valence-electron chi connectivity index (χ0n) is 6.67. The Morgan fingerprint density at radius 2 is 2.09 bits per heavy atom. The lowest BCUT2D eigenvalue weighted by molar-refractivity contribution is 0.500. The quantitative estimate of drug-likeness (QED) is 0.828. The van der Waals surface area contributed by atoms with Crippen LogP contribution in [0.3, 0.4) is 0 Å². The molecule has 1 aromatic heterocycles. The molecule has 0 aliphatic carbocycles. The van der Waals surface area contributed by atoms with Gasteiger partial charge in [0, 0.05) is 11.6 Å². The van der Waals surface area contributed by atoms with Gasteiger partial charge in [-0.2, -0.15) is 0 Å². The molecule has 0 saturated heterocycles. The first kappa shape index (κ1) is 8.81. The van der Waals surface area contributed by atoms with E-state index in [1.165, 1.54) is 0 Å². The van der Waals surface area contributed by atoms with Crippen LogP contribution in [-0.2, 0) is 0 Å². The molecule has 0 aromatic carbocycles. The fourth-order valence-corrected chi connectivity index (χ4v) is 1.35. The van der Waals surface area contributed by atoms with Crippen LogP contribution in [0.1, 0.15) is 25.5 Å². The Morgan fingerprint density at radius 3 is 2.45 bits per heavy atom. The molecular formula is C8H12BrNO. The molecule has 1 heterocycles. The minimum atomic E-state index is 0.0584. The lowest BCUT2D eigenvalue weighted by Gasteiger charge is -2.13. The van der Waals surface area contributed by atoms with Crippen molar-refractivity contribution in [3.05, 3.63) is 22.6 Å². The number of hydrogen-bond donors (Lipinski definition) is 1. The predicted molar refractivity (Wildman–Crippen MR) is 48.2 cm³/mol. The summed E-state index contributed by atoms with van der Waals surface area (Å²) in [5.41, 5.74) is 6.93. The Labute approximate surface area is 74.9 Å². The third-order valence-electron chi connectivity index (χ3n) is 1.72. The second-order valence-electron chi connectivity index (χ2n) is 2.94. The summed E-state index contributed by atoms with van der Waals surface area (Å²) in [4.78, 5) is 0. The van der Waals surface area contributed by atoms with E-state index < -0.39 is 0 Å². The smallest absolute Gasteiger partial charge is 0.105 e. The van der Waals surface area contributed by atoms with E-state index in [-0.39, 0.29) is 6.04 Å². The van der Waals surface area contributed by atoms with E-state index in [0.29, 0.717) is 5.92 Å². The zero-order chi connectivity index (χ0) is 8.43. The molecule has 0 saturated carbocycles. The van der Waals surface area contributed by atoms with Crippen molar-refractivity contribution in [3.8, 4) is 0 Å². The van der Waals surface area contributed by atoms with E-state index >= 15 is 0 Å². The van der Waals surface area contributed by atoms with E-state index in [9.17, 15) is 0 Å². The fraction of sp³-hybridized carbons (Fsp3) is 0.500. The van der Waals surface area contributed by atoms with E-state index in [1.807, 2.05) is 0 Å². The molecule has 1 atom stereocenters. The number of halogens is 1. The van der Waals surface area contributed by atoms with Crippen molar-refractivity contribution in [2.75, 3.05) is 0 Å². The van der Waals surface area contributed by atoms with Gasteiger partial charge in [0.15, 0.2) is 0 Å². The molecule has 1 unspecified atom stereocenters. The second-order valence-corrected chi connectivity index (χ2v) is 3.80. The minimum Gasteiger partial charge on any atom is -0.471 e. The predicted octanol–water partition coefficient (Wildman–Crippen LogP) is 2.70. The largest absolute Gasteiger partial charge is 0.471 e. The molecule has 11 heavy (non-hydrogen) atoms. The lowest BCUT2D eigenvalue weighted by Crippen LogP contribution is -2.16. The Bertz CT molecular complexity index is 232. The van der Waals surface area contributed by atoms with Crippen molar-refractivity contribution in [1.29, 1.82) is 0 Å². The average molecular weight is 218 g/mol. The van der Waals surface area contributed by atoms with Gasteiger partial charge in [-0.25, -0.2) is 0 Å². The number of furan rings is 1. The monoisotopic (exact) mass is 217 g/mol. The fourth-order valence-electron chi connectivity index (χ4n) is 0.888. The number of rotatable bonds is 2. The molecular weight excluding hydrogens is 206 g/mol. The summed E-state index contributed by atoms with van der Waals surface area (Å²) in [6, 6.07) is 0.0584. The molecule has 0 radical (unpaired) electrons. The summed E-state index contributed by atoms with van der Waals surface area (Å²) in [6.45, 7) is 4.17. The van der Waals surface area contributed by atoms with E-state index in [2.05, 4.69) is 29.8 Å². The highest BCUT2D eigenvalue weighted by atomic mass is 79.9. The molecule has 3 heteroatoms. The van der Waals surface area contributed by atoms with Gasteiger partial charge in [0.25, 0.3) is 0 Å². The summed E-state index contributed by atoms with van der Waals surface area (Å²) >= 11 is 3.36. The van der Waals surface area contributed by atoms with Gasteiger partial charge in [-0.1, -0.05) is 13.8 Å². The van der Waals surface area contributed by atoms with E-state index in [4.69, 9.17) is 10.2 Å². The van der Waals surface area contributed by atoms with Crippen LogP contribution >= 0.6 is 15.9 Å². The molecule has 0 bridgehead atoms. The van der Waals surface area contributed by atoms with Crippen LogP contribution in [0, 0.1) is 5.92 Å². The molecule has 1 aromatic rings. The molecule has 2 N–H and O–H groups in total. The second kappa shape index (κ2) is 3.41.